The summed E-state index contributed by atoms with van der Waals surface area (Å²) in [4.78, 5) is 44.0. The average Bonchev–Trinajstić information content (AvgIpc) is 3.10. The van der Waals surface area contributed by atoms with Crippen LogP contribution in [0.1, 0.15) is 26.2 Å². The number of carbonyl (C=O) groups excluding carboxylic acids is 2. The zero-order valence-corrected chi connectivity index (χ0v) is 17.6. The number of hydrogen-bond donors (Lipinski definition) is 1. The first-order chi connectivity index (χ1) is 14.0. The number of aliphatic imine (C=N–C) groups is 1. The molecule has 10 heteroatoms. The first-order valence-corrected chi connectivity index (χ1v) is 11.1. The lowest BCUT2D eigenvalue weighted by molar-refractivity contribution is -0.127. The number of nitrogens with one attached hydrogen (secondary N) is 1. The van der Waals surface area contributed by atoms with Crippen LogP contribution in [0, 0.1) is 5.92 Å². The van der Waals surface area contributed by atoms with Gasteiger partial charge in [0.15, 0.2) is 23.3 Å². The normalized spacial score (nSPS) is 27.0. The van der Waals surface area contributed by atoms with Crippen LogP contribution in [0.3, 0.4) is 0 Å². The molecule has 9 nitrogen and oxygen atoms in total. The molecule has 4 heterocycles. The number of fused-ring (bicyclic) bond motifs is 1. The maximum atomic E-state index is 12.7. The summed E-state index contributed by atoms with van der Waals surface area (Å²) in [6.07, 6.45) is 6.20. The zero-order valence-electron chi connectivity index (χ0n) is 16.8. The van der Waals surface area contributed by atoms with Gasteiger partial charge in [-0.05, 0) is 31.2 Å². The predicted octanol–water partition coefficient (Wildman–Crippen LogP) is 1.24. The van der Waals surface area contributed by atoms with Crippen LogP contribution in [0.4, 0.5) is 4.79 Å². The van der Waals surface area contributed by atoms with Crippen LogP contribution in [-0.4, -0.2) is 87.2 Å². The number of nitrogens with zero attached hydrogens (tertiary/aromatic N) is 6. The fourth-order valence-electron chi connectivity index (χ4n) is 4.14. The van der Waals surface area contributed by atoms with Crippen molar-refractivity contribution >= 4 is 29.7 Å². The maximum absolute atomic E-state index is 12.7. The first-order valence-electron chi connectivity index (χ1n) is 10.1. The van der Waals surface area contributed by atoms with Gasteiger partial charge in [0, 0.05) is 44.8 Å². The monoisotopic (exact) mass is 417 g/mol. The minimum atomic E-state index is -0.470. The lowest BCUT2D eigenvalue weighted by Crippen LogP contribution is -2.64. The molecule has 0 bridgehead atoms. The Kier molecular flexibility index (Phi) is 5.89. The van der Waals surface area contributed by atoms with E-state index < -0.39 is 12.2 Å². The van der Waals surface area contributed by atoms with Gasteiger partial charge >= 0.3 is 6.03 Å². The number of piperidine rings is 1. The number of likely N-dealkylation sites (tertiary alicyclic amines) is 1. The third-order valence-corrected chi connectivity index (χ3v) is 6.56. The Balaban J connectivity index is 1.47. The summed E-state index contributed by atoms with van der Waals surface area (Å²) in [6, 6.07) is 0.948. The summed E-state index contributed by atoms with van der Waals surface area (Å²) in [6.45, 7) is 4.81. The van der Waals surface area contributed by atoms with Crippen LogP contribution < -0.4 is 5.32 Å². The Morgan fingerprint density at radius 2 is 2.07 bits per heavy atom. The second kappa shape index (κ2) is 8.56. The molecule has 1 N–H and O–H groups in total. The van der Waals surface area contributed by atoms with E-state index in [1.165, 1.54) is 11.3 Å². The van der Waals surface area contributed by atoms with Crippen molar-refractivity contribution in [3.63, 3.8) is 0 Å². The summed E-state index contributed by atoms with van der Waals surface area (Å²) in [5.74, 6) is 2.03. The second-order valence-electron chi connectivity index (χ2n) is 7.81. The van der Waals surface area contributed by atoms with Crippen LogP contribution in [0.15, 0.2) is 28.6 Å². The summed E-state index contributed by atoms with van der Waals surface area (Å²) >= 11 is 1.60. The highest BCUT2D eigenvalue weighted by molar-refractivity contribution is 7.99. The van der Waals surface area contributed by atoms with Crippen molar-refractivity contribution in [1.29, 1.82) is 0 Å². The molecule has 0 spiro atoms. The Hall–Kier alpha value is -2.36. The number of aromatic nitrogens is 2. The number of thioether (sulfide) groups is 1. The van der Waals surface area contributed by atoms with Gasteiger partial charge in [0.2, 0.25) is 0 Å². The second-order valence-corrected chi connectivity index (χ2v) is 8.88. The quantitative estimate of drug-likeness (QED) is 0.438. The molecule has 0 radical (unpaired) electrons. The van der Waals surface area contributed by atoms with Gasteiger partial charge in [-0.15, -0.1) is 0 Å². The van der Waals surface area contributed by atoms with Gasteiger partial charge in [-0.2, -0.15) is 0 Å². The lowest BCUT2D eigenvalue weighted by Gasteiger charge is -2.39. The van der Waals surface area contributed by atoms with E-state index in [0.29, 0.717) is 12.5 Å². The van der Waals surface area contributed by atoms with Gasteiger partial charge in [0.05, 0.1) is 0 Å². The van der Waals surface area contributed by atoms with Gasteiger partial charge in [0.1, 0.15) is 0 Å². The molecule has 3 amide bonds. The molecule has 4 rings (SSSR count). The largest absolute Gasteiger partial charge is 0.342 e. The minimum Gasteiger partial charge on any atom is -0.342 e. The molecule has 3 aliphatic rings. The average molecular weight is 418 g/mol. The van der Waals surface area contributed by atoms with E-state index in [1.54, 1.807) is 37.3 Å². The zero-order chi connectivity index (χ0) is 20.4. The van der Waals surface area contributed by atoms with Gasteiger partial charge in [-0.25, -0.2) is 19.8 Å². The number of amides is 3. The highest BCUT2D eigenvalue weighted by atomic mass is 32.2. The van der Waals surface area contributed by atoms with Crippen LogP contribution in [0.2, 0.25) is 0 Å². The highest BCUT2D eigenvalue weighted by Crippen LogP contribution is 2.28. The molecule has 29 heavy (non-hydrogen) atoms. The number of hydrogen-bond acceptors (Lipinski definition) is 8. The van der Waals surface area contributed by atoms with E-state index in [1.807, 2.05) is 0 Å². The highest BCUT2D eigenvalue weighted by Gasteiger charge is 2.49. The van der Waals surface area contributed by atoms with E-state index in [2.05, 4.69) is 32.0 Å². The van der Waals surface area contributed by atoms with E-state index in [-0.39, 0.29) is 11.9 Å². The number of guanidine groups is 1. The van der Waals surface area contributed by atoms with Gasteiger partial charge in [-0.1, -0.05) is 18.7 Å². The number of carbonyl (C=O) groups is 2. The van der Waals surface area contributed by atoms with Crippen LogP contribution in [0.5, 0.6) is 0 Å². The SMILES string of the molecule is CC1CCCN(C2=NC3C(C(=O)NC(=O)N3C)N2CCCSc2ncccn2)C1. The Bertz CT molecular complexity index is 790. The molecular weight excluding hydrogens is 390 g/mol. The van der Waals surface area contributed by atoms with Crippen molar-refractivity contribution in [2.45, 2.75) is 43.6 Å². The summed E-state index contributed by atoms with van der Waals surface area (Å²) in [7, 11) is 1.70. The van der Waals surface area contributed by atoms with Crippen molar-refractivity contribution < 1.29 is 9.59 Å². The topological polar surface area (TPSA) is 94.0 Å². The summed E-state index contributed by atoms with van der Waals surface area (Å²) in [5.41, 5.74) is 0. The molecule has 2 saturated heterocycles. The predicted molar refractivity (Wildman–Crippen MR) is 110 cm³/mol. The molecule has 1 aromatic heterocycles. The number of urea groups is 1. The number of imide groups is 1. The number of likely N-dealkylation sites (N-methyl/N-ethyl adjacent to an activating group) is 1. The molecule has 2 fully saturated rings. The van der Waals surface area contributed by atoms with Crippen molar-refractivity contribution in [2.75, 3.05) is 32.4 Å². The standard InChI is InChI=1S/C19H27N7O2S/c1-13-6-3-9-25(12-13)18-22-15-14(16(27)23-19(28)24(15)2)26(18)10-5-11-29-17-20-7-4-8-21-17/h4,7-8,13-15H,3,5-6,9-12H2,1-2H3,(H,23,27,28). The Morgan fingerprint density at radius 3 is 2.83 bits per heavy atom. The first kappa shape index (κ1) is 19.9. The van der Waals surface area contributed by atoms with Crippen LogP contribution in [0.25, 0.3) is 0 Å². The molecule has 0 aromatic carbocycles. The molecule has 0 aliphatic carbocycles. The van der Waals surface area contributed by atoms with E-state index >= 15 is 0 Å². The molecule has 3 atom stereocenters. The third kappa shape index (κ3) is 4.17. The van der Waals surface area contributed by atoms with Gasteiger partial charge in [-0.3, -0.25) is 10.1 Å². The fourth-order valence-corrected chi connectivity index (χ4v) is 4.87. The third-order valence-electron chi connectivity index (χ3n) is 5.60. The van der Waals surface area contributed by atoms with Crippen LogP contribution >= 0.6 is 11.8 Å². The maximum Gasteiger partial charge on any atom is 0.325 e. The molecule has 156 valence electrons. The van der Waals surface area contributed by atoms with Gasteiger partial charge in [0.25, 0.3) is 5.91 Å². The summed E-state index contributed by atoms with van der Waals surface area (Å²) < 4.78 is 0. The Morgan fingerprint density at radius 1 is 1.28 bits per heavy atom. The van der Waals surface area contributed by atoms with Crippen LogP contribution in [-0.2, 0) is 4.79 Å². The van der Waals surface area contributed by atoms with Crippen molar-refractivity contribution in [1.82, 2.24) is 30.0 Å². The molecule has 1 aromatic rings. The Labute approximate surface area is 174 Å². The number of rotatable bonds is 5. The molecule has 3 unspecified atom stereocenters. The van der Waals surface area contributed by atoms with E-state index in [4.69, 9.17) is 4.99 Å². The summed E-state index contributed by atoms with van der Waals surface area (Å²) in [5, 5.41) is 3.22. The fraction of sp³-hybridized carbons (Fsp3) is 0.632. The molecule has 3 aliphatic heterocycles. The van der Waals surface area contributed by atoms with E-state index in [0.717, 1.165) is 42.8 Å². The smallest absolute Gasteiger partial charge is 0.325 e. The lowest BCUT2D eigenvalue weighted by atomic mass is 10.0. The molecule has 0 saturated carbocycles. The molecular formula is C19H27N7O2S. The van der Waals surface area contributed by atoms with Crippen molar-refractivity contribution in [3.8, 4) is 0 Å². The van der Waals surface area contributed by atoms with Gasteiger partial charge < -0.3 is 14.7 Å². The minimum absolute atomic E-state index is 0.263. The van der Waals surface area contributed by atoms with Crippen molar-refractivity contribution in [3.05, 3.63) is 18.5 Å². The van der Waals surface area contributed by atoms with Crippen molar-refractivity contribution in [2.24, 2.45) is 10.9 Å². The van der Waals surface area contributed by atoms with E-state index in [9.17, 15) is 9.59 Å².